The highest BCUT2D eigenvalue weighted by Gasteiger charge is 2.39. The molecule has 0 saturated heterocycles. The van der Waals surface area contributed by atoms with Crippen LogP contribution in [0.1, 0.15) is 34.6 Å². The van der Waals surface area contributed by atoms with E-state index in [4.69, 9.17) is 0 Å². The first-order chi connectivity index (χ1) is 9.74. The fraction of sp³-hybridized carbons (Fsp3) is 0.308. The number of rotatable bonds is 4. The van der Waals surface area contributed by atoms with Crippen molar-refractivity contribution in [3.8, 4) is 0 Å². The molecule has 21 heavy (non-hydrogen) atoms. The van der Waals surface area contributed by atoms with Crippen LogP contribution in [0.2, 0.25) is 0 Å². The Balaban J connectivity index is 2.14. The molecule has 2 rings (SSSR count). The first kappa shape index (κ1) is 15.2. The molecular formula is C13H13NO6S. The number of fused-ring (bicyclic) bond motifs is 1. The van der Waals surface area contributed by atoms with Gasteiger partial charge in [-0.3, -0.25) is 9.59 Å². The Kier molecular flexibility index (Phi) is 3.82. The zero-order chi connectivity index (χ0) is 15.8. The molecular weight excluding hydrogens is 298 g/mol. The van der Waals surface area contributed by atoms with Gasteiger partial charge < -0.3 is 4.84 Å². The minimum atomic E-state index is -3.67. The summed E-state index contributed by atoms with van der Waals surface area (Å²) in [6.07, 6.45) is 0. The van der Waals surface area contributed by atoms with Gasteiger partial charge in [-0.05, 0) is 26.0 Å². The smallest absolute Gasteiger partial charge is 0.329 e. The molecule has 7 nitrogen and oxygen atoms in total. The lowest BCUT2D eigenvalue weighted by atomic mass is 10.1. The van der Waals surface area contributed by atoms with E-state index in [9.17, 15) is 22.8 Å². The molecule has 1 aliphatic heterocycles. The summed E-state index contributed by atoms with van der Waals surface area (Å²) in [5, 5.41) is -0.463. The van der Waals surface area contributed by atoms with E-state index >= 15 is 0 Å². The second-order valence-corrected chi connectivity index (χ2v) is 7.33. The Morgan fingerprint density at radius 3 is 2.05 bits per heavy atom. The van der Waals surface area contributed by atoms with Crippen LogP contribution >= 0.6 is 0 Å². The van der Waals surface area contributed by atoms with Crippen molar-refractivity contribution in [1.29, 1.82) is 0 Å². The average Bonchev–Trinajstić information content (AvgIpc) is 2.64. The maximum Gasteiger partial charge on any atom is 0.348 e. The van der Waals surface area contributed by atoms with Gasteiger partial charge in [0.05, 0.1) is 16.4 Å². The Morgan fingerprint density at radius 1 is 1.14 bits per heavy atom. The monoisotopic (exact) mass is 311 g/mol. The summed E-state index contributed by atoms with van der Waals surface area (Å²) in [7, 11) is -3.67. The number of hydrogen-bond donors (Lipinski definition) is 0. The van der Waals surface area contributed by atoms with Crippen molar-refractivity contribution >= 4 is 27.6 Å². The van der Waals surface area contributed by atoms with Gasteiger partial charge in [0.1, 0.15) is 0 Å². The summed E-state index contributed by atoms with van der Waals surface area (Å²) < 4.78 is 23.2. The summed E-state index contributed by atoms with van der Waals surface area (Å²) in [5.74, 6) is -3.63. The Labute approximate surface area is 121 Å². The van der Waals surface area contributed by atoms with Gasteiger partial charge in [0.15, 0.2) is 15.6 Å². The van der Waals surface area contributed by atoms with Crippen molar-refractivity contribution in [2.45, 2.75) is 19.1 Å². The number of hydrogen-bond acceptors (Lipinski definition) is 6. The van der Waals surface area contributed by atoms with Gasteiger partial charge in [0, 0.05) is 0 Å². The Hall–Kier alpha value is -2.22. The largest absolute Gasteiger partial charge is 0.348 e. The third-order valence-electron chi connectivity index (χ3n) is 2.99. The first-order valence-corrected chi connectivity index (χ1v) is 7.86. The number of sulfone groups is 1. The minimum absolute atomic E-state index is 0.113. The number of hydroxylamine groups is 2. The van der Waals surface area contributed by atoms with Crippen LogP contribution in [0.5, 0.6) is 0 Å². The van der Waals surface area contributed by atoms with Crippen LogP contribution < -0.4 is 0 Å². The fourth-order valence-corrected chi connectivity index (χ4v) is 2.42. The quantitative estimate of drug-likeness (QED) is 0.754. The van der Waals surface area contributed by atoms with E-state index in [0.29, 0.717) is 5.06 Å². The lowest BCUT2D eigenvalue weighted by molar-refractivity contribution is -0.165. The molecule has 8 heteroatoms. The van der Waals surface area contributed by atoms with Gasteiger partial charge in [-0.1, -0.05) is 17.2 Å². The van der Waals surface area contributed by atoms with Crippen LogP contribution in [0.3, 0.4) is 0 Å². The van der Waals surface area contributed by atoms with Crippen molar-refractivity contribution in [2.24, 2.45) is 0 Å². The minimum Gasteiger partial charge on any atom is -0.329 e. The molecule has 0 fully saturated rings. The standard InChI is InChI=1S/C13H13NO6S/c1-8(2)21(18,19)7-11(15)20-14-12(16)9-5-3-4-6-10(9)13(14)17/h3-6,8H,7H2,1-2H3. The van der Waals surface area contributed by atoms with E-state index in [1.807, 2.05) is 0 Å². The lowest BCUT2D eigenvalue weighted by Crippen LogP contribution is -2.36. The molecule has 2 amide bonds. The Bertz CT molecular complexity index is 687. The molecule has 0 atom stereocenters. The normalized spacial score (nSPS) is 14.5. The molecule has 0 bridgehead atoms. The summed E-state index contributed by atoms with van der Waals surface area (Å²) in [5.41, 5.74) is 0.226. The van der Waals surface area contributed by atoms with E-state index in [1.54, 1.807) is 12.1 Å². The molecule has 0 unspecified atom stereocenters. The van der Waals surface area contributed by atoms with Crippen LogP contribution in [0.4, 0.5) is 0 Å². The summed E-state index contributed by atoms with van der Waals surface area (Å²) >= 11 is 0. The van der Waals surface area contributed by atoms with E-state index < -0.39 is 38.6 Å². The first-order valence-electron chi connectivity index (χ1n) is 6.14. The molecule has 1 aromatic carbocycles. The van der Waals surface area contributed by atoms with Crippen molar-refractivity contribution in [3.05, 3.63) is 35.4 Å². The molecule has 1 heterocycles. The van der Waals surface area contributed by atoms with E-state index in [-0.39, 0.29) is 11.1 Å². The van der Waals surface area contributed by atoms with Gasteiger partial charge in [0.25, 0.3) is 11.8 Å². The van der Waals surface area contributed by atoms with Crippen LogP contribution in [0.25, 0.3) is 0 Å². The van der Waals surface area contributed by atoms with Crippen LogP contribution in [-0.2, 0) is 19.5 Å². The Morgan fingerprint density at radius 2 is 1.62 bits per heavy atom. The van der Waals surface area contributed by atoms with Crippen LogP contribution in [0.15, 0.2) is 24.3 Å². The van der Waals surface area contributed by atoms with Gasteiger partial charge in [-0.2, -0.15) is 0 Å². The molecule has 0 aromatic heterocycles. The molecule has 0 N–H and O–H groups in total. The average molecular weight is 311 g/mol. The number of carbonyl (C=O) groups is 3. The van der Waals surface area contributed by atoms with Crippen LogP contribution in [-0.4, -0.2) is 42.3 Å². The lowest BCUT2D eigenvalue weighted by Gasteiger charge is -2.13. The second kappa shape index (κ2) is 5.28. The predicted molar refractivity (Wildman–Crippen MR) is 72.0 cm³/mol. The molecule has 1 aromatic rings. The summed E-state index contributed by atoms with van der Waals surface area (Å²) in [4.78, 5) is 40.1. The number of imide groups is 1. The van der Waals surface area contributed by atoms with E-state index in [0.717, 1.165) is 0 Å². The third kappa shape index (κ3) is 2.80. The van der Waals surface area contributed by atoms with Crippen molar-refractivity contribution < 1.29 is 27.6 Å². The number of carbonyl (C=O) groups excluding carboxylic acids is 3. The van der Waals surface area contributed by atoms with E-state index in [2.05, 4.69) is 4.84 Å². The molecule has 112 valence electrons. The highest BCUT2D eigenvalue weighted by molar-refractivity contribution is 7.92. The van der Waals surface area contributed by atoms with Crippen molar-refractivity contribution in [2.75, 3.05) is 5.75 Å². The van der Waals surface area contributed by atoms with Crippen molar-refractivity contribution in [3.63, 3.8) is 0 Å². The zero-order valence-corrected chi connectivity index (χ0v) is 12.2. The number of nitrogens with zero attached hydrogens (tertiary/aromatic N) is 1. The number of amides is 2. The SMILES string of the molecule is CC(C)S(=O)(=O)CC(=O)ON1C(=O)c2ccccc2C1=O. The van der Waals surface area contributed by atoms with Gasteiger partial charge >= 0.3 is 5.97 Å². The second-order valence-electron chi connectivity index (χ2n) is 4.77. The van der Waals surface area contributed by atoms with Gasteiger partial charge in [-0.25, -0.2) is 13.2 Å². The van der Waals surface area contributed by atoms with Crippen LogP contribution in [0, 0.1) is 0 Å². The fourth-order valence-electron chi connectivity index (χ4n) is 1.71. The molecule has 0 spiro atoms. The van der Waals surface area contributed by atoms with Crippen molar-refractivity contribution in [1.82, 2.24) is 5.06 Å². The highest BCUT2D eigenvalue weighted by Crippen LogP contribution is 2.22. The molecule has 0 radical (unpaired) electrons. The summed E-state index contributed by atoms with van der Waals surface area (Å²) in [6.45, 7) is 2.84. The predicted octanol–water partition coefficient (Wildman–Crippen LogP) is 0.564. The summed E-state index contributed by atoms with van der Waals surface area (Å²) in [6, 6.07) is 5.99. The topological polar surface area (TPSA) is 97.8 Å². The zero-order valence-electron chi connectivity index (χ0n) is 11.4. The maximum atomic E-state index is 11.9. The van der Waals surface area contributed by atoms with E-state index in [1.165, 1.54) is 26.0 Å². The molecule has 0 aliphatic carbocycles. The third-order valence-corrected chi connectivity index (χ3v) is 5.06. The number of benzene rings is 1. The van der Waals surface area contributed by atoms with Gasteiger partial charge in [-0.15, -0.1) is 0 Å². The highest BCUT2D eigenvalue weighted by atomic mass is 32.2. The van der Waals surface area contributed by atoms with Gasteiger partial charge in [0.2, 0.25) is 0 Å². The maximum absolute atomic E-state index is 11.9. The molecule has 0 saturated carbocycles. The molecule has 1 aliphatic rings.